The van der Waals surface area contributed by atoms with Crippen LogP contribution in [0.4, 0.5) is 5.69 Å². The normalized spacial score (nSPS) is 11.6. The highest BCUT2D eigenvalue weighted by Gasteiger charge is 2.10. The molecule has 0 radical (unpaired) electrons. The molecule has 0 saturated heterocycles. The quantitative estimate of drug-likeness (QED) is 0.809. The van der Waals surface area contributed by atoms with Gasteiger partial charge in [0.25, 0.3) is 0 Å². The van der Waals surface area contributed by atoms with E-state index >= 15 is 0 Å². The van der Waals surface area contributed by atoms with E-state index in [1.54, 1.807) is 6.07 Å². The molecule has 0 bridgehead atoms. The number of carboxylic acids is 1. The highest BCUT2D eigenvalue weighted by Crippen LogP contribution is 2.16. The van der Waals surface area contributed by atoms with Crippen LogP contribution in [0, 0.1) is 24.2 Å². The van der Waals surface area contributed by atoms with Crippen LogP contribution < -0.4 is 5.32 Å². The Morgan fingerprint density at radius 1 is 1.56 bits per heavy atom. The van der Waals surface area contributed by atoms with Crippen molar-refractivity contribution < 1.29 is 9.90 Å². The summed E-state index contributed by atoms with van der Waals surface area (Å²) in [5, 5.41) is 20.8. The van der Waals surface area contributed by atoms with E-state index in [0.717, 1.165) is 17.7 Å². The van der Waals surface area contributed by atoms with Crippen molar-refractivity contribution in [3.8, 4) is 6.07 Å². The Morgan fingerprint density at radius 2 is 2.28 bits per heavy atom. The average molecular weight is 246 g/mol. The van der Waals surface area contributed by atoms with Crippen LogP contribution in [0.2, 0.25) is 0 Å². The van der Waals surface area contributed by atoms with Crippen molar-refractivity contribution in [2.75, 3.05) is 11.9 Å². The second-order valence-electron chi connectivity index (χ2n) is 4.39. The highest BCUT2D eigenvalue weighted by molar-refractivity contribution is 5.67. The topological polar surface area (TPSA) is 73.1 Å². The van der Waals surface area contributed by atoms with Gasteiger partial charge in [0.15, 0.2) is 0 Å². The standard InChI is InChI=1S/C14H18N2O2/c1-3-11(7-14(17)18)9-16-13-5-4-12(8-15)10(2)6-13/h4-6,11,16H,3,7,9H2,1-2H3,(H,17,18). The lowest BCUT2D eigenvalue weighted by Gasteiger charge is -2.14. The summed E-state index contributed by atoms with van der Waals surface area (Å²) < 4.78 is 0. The lowest BCUT2D eigenvalue weighted by molar-refractivity contribution is -0.138. The maximum atomic E-state index is 10.7. The first-order chi connectivity index (χ1) is 8.56. The number of benzene rings is 1. The molecule has 2 N–H and O–H groups in total. The number of aliphatic carboxylic acids is 1. The second kappa shape index (κ2) is 6.65. The van der Waals surface area contributed by atoms with Crippen LogP contribution in [0.15, 0.2) is 18.2 Å². The minimum atomic E-state index is -0.764. The number of hydrogen-bond donors (Lipinski definition) is 2. The molecule has 18 heavy (non-hydrogen) atoms. The van der Waals surface area contributed by atoms with Gasteiger partial charge >= 0.3 is 5.97 Å². The molecule has 1 aromatic rings. The zero-order valence-corrected chi connectivity index (χ0v) is 10.7. The summed E-state index contributed by atoms with van der Waals surface area (Å²) >= 11 is 0. The van der Waals surface area contributed by atoms with E-state index in [-0.39, 0.29) is 12.3 Å². The molecule has 0 heterocycles. The van der Waals surface area contributed by atoms with Gasteiger partial charge in [-0.05, 0) is 36.6 Å². The van der Waals surface area contributed by atoms with Crippen molar-refractivity contribution in [2.45, 2.75) is 26.7 Å². The number of carboxylic acid groups (broad SMARTS) is 1. The minimum absolute atomic E-state index is 0.124. The van der Waals surface area contributed by atoms with E-state index in [1.807, 2.05) is 26.0 Å². The van der Waals surface area contributed by atoms with E-state index in [4.69, 9.17) is 10.4 Å². The molecule has 0 spiro atoms. The summed E-state index contributed by atoms with van der Waals surface area (Å²) in [4.78, 5) is 10.7. The predicted molar refractivity (Wildman–Crippen MR) is 70.4 cm³/mol. The molecule has 0 fully saturated rings. The van der Waals surface area contributed by atoms with E-state index in [9.17, 15) is 4.79 Å². The van der Waals surface area contributed by atoms with Crippen molar-refractivity contribution in [3.63, 3.8) is 0 Å². The molecule has 0 aliphatic heterocycles. The second-order valence-corrected chi connectivity index (χ2v) is 4.39. The molecule has 0 aliphatic rings. The first kappa shape index (κ1) is 14.0. The summed E-state index contributed by atoms with van der Waals surface area (Å²) in [6.07, 6.45) is 1.01. The number of nitrogens with zero attached hydrogens (tertiary/aromatic N) is 1. The van der Waals surface area contributed by atoms with Crippen LogP contribution in [0.25, 0.3) is 0 Å². The molecular weight excluding hydrogens is 228 g/mol. The highest BCUT2D eigenvalue weighted by atomic mass is 16.4. The van der Waals surface area contributed by atoms with Gasteiger partial charge in [0, 0.05) is 18.7 Å². The van der Waals surface area contributed by atoms with E-state index in [2.05, 4.69) is 11.4 Å². The van der Waals surface area contributed by atoms with Gasteiger partial charge in [0.05, 0.1) is 11.6 Å². The van der Waals surface area contributed by atoms with Crippen molar-refractivity contribution >= 4 is 11.7 Å². The first-order valence-corrected chi connectivity index (χ1v) is 6.03. The van der Waals surface area contributed by atoms with Gasteiger partial charge in [-0.1, -0.05) is 13.3 Å². The monoisotopic (exact) mass is 246 g/mol. The fourth-order valence-corrected chi connectivity index (χ4v) is 1.77. The van der Waals surface area contributed by atoms with Crippen molar-refractivity contribution in [3.05, 3.63) is 29.3 Å². The molecule has 4 nitrogen and oxygen atoms in total. The third-order valence-corrected chi connectivity index (χ3v) is 2.98. The third kappa shape index (κ3) is 4.10. The molecule has 0 aliphatic carbocycles. The Balaban J connectivity index is 2.60. The largest absolute Gasteiger partial charge is 0.481 e. The number of anilines is 1. The van der Waals surface area contributed by atoms with E-state index < -0.39 is 5.97 Å². The summed E-state index contributed by atoms with van der Waals surface area (Å²) in [5.41, 5.74) is 2.52. The van der Waals surface area contributed by atoms with Crippen LogP contribution in [-0.4, -0.2) is 17.6 Å². The van der Waals surface area contributed by atoms with E-state index in [1.165, 1.54) is 0 Å². The maximum absolute atomic E-state index is 10.7. The molecule has 0 saturated carbocycles. The Labute approximate surface area is 107 Å². The molecule has 4 heteroatoms. The Morgan fingerprint density at radius 3 is 2.78 bits per heavy atom. The zero-order chi connectivity index (χ0) is 13.5. The molecule has 1 aromatic carbocycles. The Hall–Kier alpha value is -2.02. The molecule has 1 rings (SSSR count). The lowest BCUT2D eigenvalue weighted by Crippen LogP contribution is -2.17. The van der Waals surface area contributed by atoms with Crippen LogP contribution in [-0.2, 0) is 4.79 Å². The molecule has 96 valence electrons. The number of hydrogen-bond acceptors (Lipinski definition) is 3. The van der Waals surface area contributed by atoms with Gasteiger partial charge in [-0.3, -0.25) is 4.79 Å². The van der Waals surface area contributed by atoms with Gasteiger partial charge in [-0.15, -0.1) is 0 Å². The number of nitrogens with one attached hydrogen (secondary N) is 1. The average Bonchev–Trinajstić information content (AvgIpc) is 2.34. The fourth-order valence-electron chi connectivity index (χ4n) is 1.77. The fraction of sp³-hybridized carbons (Fsp3) is 0.429. The predicted octanol–water partition coefficient (Wildman–Crippen LogP) is 2.78. The maximum Gasteiger partial charge on any atom is 0.303 e. The first-order valence-electron chi connectivity index (χ1n) is 6.03. The number of aryl methyl sites for hydroxylation is 1. The van der Waals surface area contributed by atoms with Crippen LogP contribution in [0.3, 0.4) is 0 Å². The summed E-state index contributed by atoms with van der Waals surface area (Å²) in [5.74, 6) is -0.641. The van der Waals surface area contributed by atoms with E-state index in [0.29, 0.717) is 12.1 Å². The molecule has 0 aromatic heterocycles. The van der Waals surface area contributed by atoms with Crippen LogP contribution >= 0.6 is 0 Å². The zero-order valence-electron chi connectivity index (χ0n) is 10.7. The van der Waals surface area contributed by atoms with Gasteiger partial charge < -0.3 is 10.4 Å². The summed E-state index contributed by atoms with van der Waals surface area (Å²) in [6.45, 7) is 4.51. The Bertz CT molecular complexity index is 463. The Kier molecular flexibility index (Phi) is 5.19. The molecular formula is C14H18N2O2. The lowest BCUT2D eigenvalue weighted by atomic mass is 10.0. The number of carbonyl (C=O) groups is 1. The number of rotatable bonds is 6. The van der Waals surface area contributed by atoms with Crippen LogP contribution in [0.1, 0.15) is 30.9 Å². The summed E-state index contributed by atoms with van der Waals surface area (Å²) in [6, 6.07) is 7.65. The van der Waals surface area contributed by atoms with Gasteiger partial charge in [0.2, 0.25) is 0 Å². The molecule has 1 unspecified atom stereocenters. The molecule has 1 atom stereocenters. The van der Waals surface area contributed by atoms with Gasteiger partial charge in [-0.2, -0.15) is 5.26 Å². The smallest absolute Gasteiger partial charge is 0.303 e. The number of nitriles is 1. The molecule has 0 amide bonds. The van der Waals surface area contributed by atoms with Gasteiger partial charge in [0.1, 0.15) is 0 Å². The SMILES string of the molecule is CCC(CNc1ccc(C#N)c(C)c1)CC(=O)O. The van der Waals surface area contributed by atoms with Gasteiger partial charge in [-0.25, -0.2) is 0 Å². The van der Waals surface area contributed by atoms with Crippen molar-refractivity contribution in [1.29, 1.82) is 5.26 Å². The third-order valence-electron chi connectivity index (χ3n) is 2.98. The van der Waals surface area contributed by atoms with Crippen LogP contribution in [0.5, 0.6) is 0 Å². The summed E-state index contributed by atoms with van der Waals surface area (Å²) in [7, 11) is 0. The van der Waals surface area contributed by atoms with Crippen molar-refractivity contribution in [1.82, 2.24) is 0 Å². The minimum Gasteiger partial charge on any atom is -0.481 e. The van der Waals surface area contributed by atoms with Crippen molar-refractivity contribution in [2.24, 2.45) is 5.92 Å².